The molecule has 0 fully saturated rings. The zero-order valence-corrected chi connectivity index (χ0v) is 13.2. The molecule has 2 nitrogen and oxygen atoms in total. The van der Waals surface area contributed by atoms with Crippen LogP contribution in [0.3, 0.4) is 0 Å². The van der Waals surface area contributed by atoms with Gasteiger partial charge in [-0.25, -0.2) is 4.39 Å². The van der Waals surface area contributed by atoms with Crippen molar-refractivity contribution in [2.24, 2.45) is 0 Å². The van der Waals surface area contributed by atoms with E-state index in [2.05, 4.69) is 0 Å². The van der Waals surface area contributed by atoms with Crippen LogP contribution in [-0.4, -0.2) is 15.6 Å². The average Bonchev–Trinajstić information content (AvgIpc) is 2.25. The van der Waals surface area contributed by atoms with Gasteiger partial charge in [0.2, 0.25) is 0 Å². The van der Waals surface area contributed by atoms with Crippen LogP contribution in [0.2, 0.25) is 0 Å². The van der Waals surface area contributed by atoms with Crippen LogP contribution < -0.4 is 0 Å². The third kappa shape index (κ3) is 6.33. The molecule has 1 atom stereocenters. The van der Waals surface area contributed by atoms with Crippen LogP contribution in [-0.2, 0) is 9.59 Å². The monoisotopic (exact) mass is 296 g/mol. The molecule has 0 spiro atoms. The maximum atomic E-state index is 13.0. The van der Waals surface area contributed by atoms with E-state index in [-0.39, 0.29) is 27.4 Å². The molecule has 0 unspecified atom stereocenters. The number of ketones is 1. The molecule has 0 N–H and O–H groups in total. The van der Waals surface area contributed by atoms with Crippen LogP contribution >= 0.6 is 11.8 Å². The van der Waals surface area contributed by atoms with Gasteiger partial charge >= 0.3 is 0 Å². The zero-order valence-electron chi connectivity index (χ0n) is 12.4. The Morgan fingerprint density at radius 3 is 2.15 bits per heavy atom. The van der Waals surface area contributed by atoms with Gasteiger partial charge in [-0.05, 0) is 30.5 Å². The number of thioether (sulfide) groups is 1. The fourth-order valence-corrected chi connectivity index (χ4v) is 2.94. The lowest BCUT2D eigenvalue weighted by atomic mass is 9.91. The molecular formula is C16H21FO2S. The predicted molar refractivity (Wildman–Crippen MR) is 81.4 cm³/mol. The van der Waals surface area contributed by atoms with Crippen LogP contribution in [0.5, 0.6) is 0 Å². The lowest BCUT2D eigenvalue weighted by molar-refractivity contribution is -0.117. The van der Waals surface area contributed by atoms with E-state index < -0.39 is 0 Å². The molecule has 110 valence electrons. The minimum atomic E-state index is -0.314. The van der Waals surface area contributed by atoms with Gasteiger partial charge in [0, 0.05) is 17.6 Å². The highest BCUT2D eigenvalue weighted by Gasteiger charge is 2.22. The van der Waals surface area contributed by atoms with Crippen molar-refractivity contribution in [3.8, 4) is 0 Å². The Hall–Kier alpha value is -1.16. The summed E-state index contributed by atoms with van der Waals surface area (Å²) in [6, 6.07) is 6.03. The van der Waals surface area contributed by atoms with E-state index in [1.807, 2.05) is 20.8 Å². The maximum Gasteiger partial charge on any atom is 0.190 e. The van der Waals surface area contributed by atoms with Gasteiger partial charge in [0.15, 0.2) is 5.12 Å². The molecule has 4 heteroatoms. The number of rotatable bonds is 5. The smallest absolute Gasteiger partial charge is 0.190 e. The summed E-state index contributed by atoms with van der Waals surface area (Å²) in [7, 11) is 0. The molecule has 0 aromatic heterocycles. The van der Waals surface area contributed by atoms with Gasteiger partial charge in [0.25, 0.3) is 0 Å². The SMILES string of the molecule is CC(=O)C[C@@H](CC(=O)SC(C)(C)C)c1ccc(F)cc1. The second-order valence-electron chi connectivity index (χ2n) is 5.95. The lowest BCUT2D eigenvalue weighted by Gasteiger charge is -2.19. The normalized spacial score (nSPS) is 13.1. The van der Waals surface area contributed by atoms with Crippen molar-refractivity contribution < 1.29 is 14.0 Å². The molecule has 0 bridgehead atoms. The average molecular weight is 296 g/mol. The zero-order chi connectivity index (χ0) is 15.3. The number of carbonyl (C=O) groups excluding carboxylic acids is 2. The Bertz CT molecular complexity index is 474. The highest BCUT2D eigenvalue weighted by molar-refractivity contribution is 8.14. The highest BCUT2D eigenvalue weighted by Crippen LogP contribution is 2.31. The lowest BCUT2D eigenvalue weighted by Crippen LogP contribution is -2.15. The number of carbonyl (C=O) groups is 2. The molecule has 1 aromatic rings. The Labute approximate surface area is 124 Å². The molecule has 0 heterocycles. The summed E-state index contributed by atoms with van der Waals surface area (Å²) in [6.07, 6.45) is 0.606. The van der Waals surface area contributed by atoms with E-state index in [9.17, 15) is 14.0 Å². The first kappa shape index (κ1) is 16.9. The summed E-state index contributed by atoms with van der Waals surface area (Å²) in [4.78, 5) is 23.4. The Morgan fingerprint density at radius 1 is 1.15 bits per heavy atom. The van der Waals surface area contributed by atoms with E-state index in [0.29, 0.717) is 12.8 Å². The highest BCUT2D eigenvalue weighted by atomic mass is 32.2. The summed E-state index contributed by atoms with van der Waals surface area (Å²) in [6.45, 7) is 7.45. The van der Waals surface area contributed by atoms with Gasteiger partial charge in [-0.2, -0.15) is 0 Å². The fraction of sp³-hybridized carbons (Fsp3) is 0.500. The molecule has 0 radical (unpaired) electrons. The summed E-state index contributed by atoms with van der Waals surface area (Å²) in [5, 5.41) is 0.0630. The molecule has 0 amide bonds. The minimum absolute atomic E-state index is 0.0351. The van der Waals surface area contributed by atoms with Crippen LogP contribution in [0, 0.1) is 5.82 Å². The number of hydrogen-bond donors (Lipinski definition) is 0. The van der Waals surface area contributed by atoms with Crippen molar-refractivity contribution in [2.75, 3.05) is 0 Å². The van der Waals surface area contributed by atoms with Gasteiger partial charge < -0.3 is 4.79 Å². The summed E-state index contributed by atoms with van der Waals surface area (Å²) in [5.74, 6) is -0.450. The van der Waals surface area contributed by atoms with Crippen molar-refractivity contribution in [2.45, 2.75) is 51.2 Å². The largest absolute Gasteiger partial charge is 0.300 e. The third-order valence-corrected chi connectivity index (χ3v) is 3.72. The first-order valence-electron chi connectivity index (χ1n) is 6.64. The molecular weight excluding hydrogens is 275 g/mol. The van der Waals surface area contributed by atoms with Crippen LogP contribution in [0.4, 0.5) is 4.39 Å². The van der Waals surface area contributed by atoms with E-state index in [1.54, 1.807) is 12.1 Å². The topological polar surface area (TPSA) is 34.1 Å². The van der Waals surface area contributed by atoms with Crippen molar-refractivity contribution in [1.82, 2.24) is 0 Å². The number of benzene rings is 1. The quantitative estimate of drug-likeness (QED) is 0.810. The van der Waals surface area contributed by atoms with Crippen molar-refractivity contribution in [3.05, 3.63) is 35.6 Å². The Morgan fingerprint density at radius 2 is 1.70 bits per heavy atom. The second kappa shape index (κ2) is 7.02. The molecule has 0 aliphatic heterocycles. The molecule has 0 aliphatic carbocycles. The Balaban J connectivity index is 2.82. The van der Waals surface area contributed by atoms with Gasteiger partial charge in [0.05, 0.1) is 0 Å². The second-order valence-corrected chi connectivity index (χ2v) is 7.83. The third-order valence-electron chi connectivity index (χ3n) is 2.71. The van der Waals surface area contributed by atoms with Crippen LogP contribution in [0.1, 0.15) is 52.0 Å². The molecule has 1 aromatic carbocycles. The summed E-state index contributed by atoms with van der Waals surface area (Å²) in [5.41, 5.74) is 0.837. The first-order chi connectivity index (χ1) is 9.17. The molecule has 0 saturated heterocycles. The summed E-state index contributed by atoms with van der Waals surface area (Å²) >= 11 is 1.29. The molecule has 0 aliphatic rings. The van der Waals surface area contributed by atoms with E-state index in [1.165, 1.54) is 30.8 Å². The standard InChI is InChI=1S/C16H21FO2S/c1-11(18)9-13(10-15(19)20-16(2,3)4)12-5-7-14(17)8-6-12/h5-8,13H,9-10H2,1-4H3/t13-/m0/s1. The van der Waals surface area contributed by atoms with Gasteiger partial charge in [0.1, 0.15) is 11.6 Å². The van der Waals surface area contributed by atoms with Crippen molar-refractivity contribution in [3.63, 3.8) is 0 Å². The minimum Gasteiger partial charge on any atom is -0.300 e. The summed E-state index contributed by atoms with van der Waals surface area (Å²) < 4.78 is 12.8. The molecule has 0 saturated carbocycles. The van der Waals surface area contributed by atoms with Gasteiger partial charge in [-0.1, -0.05) is 44.7 Å². The van der Waals surface area contributed by atoms with E-state index in [4.69, 9.17) is 0 Å². The first-order valence-corrected chi connectivity index (χ1v) is 7.46. The van der Waals surface area contributed by atoms with Crippen molar-refractivity contribution in [1.29, 1.82) is 0 Å². The maximum absolute atomic E-state index is 13.0. The van der Waals surface area contributed by atoms with Crippen molar-refractivity contribution >= 4 is 22.7 Å². The van der Waals surface area contributed by atoms with Gasteiger partial charge in [-0.3, -0.25) is 4.79 Å². The van der Waals surface area contributed by atoms with E-state index in [0.717, 1.165) is 5.56 Å². The number of hydrogen-bond acceptors (Lipinski definition) is 3. The van der Waals surface area contributed by atoms with E-state index >= 15 is 0 Å². The molecule has 20 heavy (non-hydrogen) atoms. The fourth-order valence-electron chi connectivity index (χ4n) is 1.97. The van der Waals surface area contributed by atoms with Crippen LogP contribution in [0.15, 0.2) is 24.3 Å². The Kier molecular flexibility index (Phi) is 5.93. The number of Topliss-reactive ketones (excluding diaryl/α,β-unsaturated/α-hetero) is 1. The van der Waals surface area contributed by atoms with Crippen LogP contribution in [0.25, 0.3) is 0 Å². The number of halogens is 1. The predicted octanol–water partition coefficient (Wildman–Crippen LogP) is 4.34. The van der Waals surface area contributed by atoms with Gasteiger partial charge in [-0.15, -0.1) is 0 Å². The molecule has 1 rings (SSSR count).